The summed E-state index contributed by atoms with van der Waals surface area (Å²) in [6.45, 7) is 2.08. The standard InChI is InChI=1S/C13H13ClFNO3/c1-3-5-6-19-12-8-11(10(15)7-9(12)14)16-13(17)18-4-2/h1,7-8H,4-6H2,2H3,(H,16,17). The molecular weight excluding hydrogens is 273 g/mol. The third-order valence-corrected chi connectivity index (χ3v) is 2.33. The lowest BCUT2D eigenvalue weighted by Gasteiger charge is -2.11. The third-order valence-electron chi connectivity index (χ3n) is 2.04. The van der Waals surface area contributed by atoms with Crippen LogP contribution in [0.3, 0.4) is 0 Å². The van der Waals surface area contributed by atoms with E-state index in [0.29, 0.717) is 6.42 Å². The van der Waals surface area contributed by atoms with Gasteiger partial charge in [0.25, 0.3) is 0 Å². The molecule has 0 bridgehead atoms. The topological polar surface area (TPSA) is 47.6 Å². The minimum atomic E-state index is -0.752. The summed E-state index contributed by atoms with van der Waals surface area (Å²) in [4.78, 5) is 11.2. The summed E-state index contributed by atoms with van der Waals surface area (Å²) < 4.78 is 23.5. The molecule has 1 aromatic carbocycles. The molecule has 0 atom stereocenters. The minimum absolute atomic E-state index is 0.0708. The number of hydrogen-bond donors (Lipinski definition) is 1. The predicted molar refractivity (Wildman–Crippen MR) is 71.0 cm³/mol. The summed E-state index contributed by atoms with van der Waals surface area (Å²) in [5.41, 5.74) is -0.0708. The molecule has 0 saturated heterocycles. The smallest absolute Gasteiger partial charge is 0.411 e. The minimum Gasteiger partial charge on any atom is -0.491 e. The van der Waals surface area contributed by atoms with Crippen molar-refractivity contribution in [2.45, 2.75) is 13.3 Å². The van der Waals surface area contributed by atoms with Gasteiger partial charge in [-0.15, -0.1) is 12.3 Å². The molecule has 0 aliphatic rings. The Labute approximate surface area is 115 Å². The number of ether oxygens (including phenoxy) is 2. The van der Waals surface area contributed by atoms with Gasteiger partial charge in [0.05, 0.1) is 23.9 Å². The fourth-order valence-electron chi connectivity index (χ4n) is 1.23. The van der Waals surface area contributed by atoms with Gasteiger partial charge in [-0.3, -0.25) is 5.32 Å². The molecule has 6 heteroatoms. The zero-order valence-electron chi connectivity index (χ0n) is 10.3. The number of benzene rings is 1. The Morgan fingerprint density at radius 3 is 2.95 bits per heavy atom. The predicted octanol–water partition coefficient (Wildman–Crippen LogP) is 3.45. The maximum Gasteiger partial charge on any atom is 0.411 e. The van der Waals surface area contributed by atoms with Crippen molar-refractivity contribution in [3.63, 3.8) is 0 Å². The second kappa shape index (κ2) is 7.49. The second-order valence-corrected chi connectivity index (χ2v) is 3.82. The summed E-state index contributed by atoms with van der Waals surface area (Å²) in [6, 6.07) is 2.33. The Morgan fingerprint density at radius 2 is 2.32 bits per heavy atom. The van der Waals surface area contributed by atoms with Crippen LogP contribution in [0.2, 0.25) is 5.02 Å². The molecular formula is C13H13ClFNO3. The van der Waals surface area contributed by atoms with Crippen LogP contribution in [-0.2, 0) is 4.74 Å². The summed E-state index contributed by atoms with van der Waals surface area (Å²) >= 11 is 5.82. The van der Waals surface area contributed by atoms with E-state index in [-0.39, 0.29) is 29.7 Å². The van der Waals surface area contributed by atoms with Crippen LogP contribution < -0.4 is 10.1 Å². The number of hydrogen-bond acceptors (Lipinski definition) is 3. The molecule has 4 nitrogen and oxygen atoms in total. The molecule has 0 aliphatic carbocycles. The highest BCUT2D eigenvalue weighted by Crippen LogP contribution is 2.30. The van der Waals surface area contributed by atoms with Crippen LogP contribution in [0.4, 0.5) is 14.9 Å². The number of anilines is 1. The number of terminal acetylenes is 1. The van der Waals surface area contributed by atoms with Crippen molar-refractivity contribution in [3.05, 3.63) is 23.0 Å². The lowest BCUT2D eigenvalue weighted by Crippen LogP contribution is -2.14. The number of carbonyl (C=O) groups is 1. The van der Waals surface area contributed by atoms with Crippen LogP contribution in [0.5, 0.6) is 5.75 Å². The van der Waals surface area contributed by atoms with Crippen molar-refractivity contribution in [2.24, 2.45) is 0 Å². The number of halogens is 2. The highest BCUT2D eigenvalue weighted by Gasteiger charge is 2.12. The Morgan fingerprint density at radius 1 is 1.58 bits per heavy atom. The van der Waals surface area contributed by atoms with Crippen molar-refractivity contribution in [2.75, 3.05) is 18.5 Å². The van der Waals surface area contributed by atoms with Crippen molar-refractivity contribution in [3.8, 4) is 18.1 Å². The number of rotatable bonds is 5. The fourth-order valence-corrected chi connectivity index (χ4v) is 1.44. The molecule has 0 aliphatic heterocycles. The lowest BCUT2D eigenvalue weighted by molar-refractivity contribution is 0.168. The van der Waals surface area contributed by atoms with Crippen molar-refractivity contribution >= 4 is 23.4 Å². The van der Waals surface area contributed by atoms with E-state index < -0.39 is 11.9 Å². The van der Waals surface area contributed by atoms with E-state index in [9.17, 15) is 9.18 Å². The normalized spacial score (nSPS) is 9.58. The first-order chi connectivity index (χ1) is 9.08. The van der Waals surface area contributed by atoms with Crippen LogP contribution in [0.15, 0.2) is 12.1 Å². The number of carbonyl (C=O) groups excluding carboxylic acids is 1. The largest absolute Gasteiger partial charge is 0.491 e. The van der Waals surface area contributed by atoms with Gasteiger partial charge in [0.15, 0.2) is 0 Å². The molecule has 0 radical (unpaired) electrons. The van der Waals surface area contributed by atoms with Gasteiger partial charge in [-0.05, 0) is 13.0 Å². The molecule has 1 amide bonds. The van der Waals surface area contributed by atoms with Crippen LogP contribution >= 0.6 is 11.6 Å². The molecule has 19 heavy (non-hydrogen) atoms. The average Bonchev–Trinajstić information content (AvgIpc) is 2.35. The van der Waals surface area contributed by atoms with Gasteiger partial charge in [-0.1, -0.05) is 11.6 Å². The molecule has 0 aromatic heterocycles. The van der Waals surface area contributed by atoms with E-state index in [2.05, 4.69) is 16.0 Å². The molecule has 0 heterocycles. The molecule has 0 fully saturated rings. The van der Waals surface area contributed by atoms with Gasteiger partial charge in [0.2, 0.25) is 0 Å². The highest BCUT2D eigenvalue weighted by atomic mass is 35.5. The molecule has 102 valence electrons. The zero-order chi connectivity index (χ0) is 14.3. The molecule has 1 N–H and O–H groups in total. The maximum absolute atomic E-state index is 13.6. The molecule has 0 spiro atoms. The first kappa shape index (κ1) is 15.1. The quantitative estimate of drug-likeness (QED) is 0.666. The van der Waals surface area contributed by atoms with E-state index in [1.165, 1.54) is 6.07 Å². The zero-order valence-corrected chi connectivity index (χ0v) is 11.1. The van der Waals surface area contributed by atoms with E-state index >= 15 is 0 Å². The SMILES string of the molecule is C#CCCOc1cc(NC(=O)OCC)c(F)cc1Cl. The summed E-state index contributed by atoms with van der Waals surface area (Å²) in [7, 11) is 0. The van der Waals surface area contributed by atoms with E-state index in [1.807, 2.05) is 0 Å². The second-order valence-electron chi connectivity index (χ2n) is 3.41. The van der Waals surface area contributed by atoms with Crippen LogP contribution in [0.25, 0.3) is 0 Å². The highest BCUT2D eigenvalue weighted by molar-refractivity contribution is 6.32. The van der Waals surface area contributed by atoms with Crippen molar-refractivity contribution in [1.29, 1.82) is 0 Å². The first-order valence-corrected chi connectivity index (χ1v) is 5.95. The van der Waals surface area contributed by atoms with Gasteiger partial charge >= 0.3 is 6.09 Å². The third kappa shape index (κ3) is 4.68. The van der Waals surface area contributed by atoms with E-state index in [0.717, 1.165) is 6.07 Å². The maximum atomic E-state index is 13.6. The summed E-state index contributed by atoms with van der Waals surface area (Å²) in [6.07, 6.45) is 4.73. The monoisotopic (exact) mass is 285 g/mol. The first-order valence-electron chi connectivity index (χ1n) is 5.57. The number of nitrogens with one attached hydrogen (secondary N) is 1. The van der Waals surface area contributed by atoms with E-state index in [4.69, 9.17) is 22.8 Å². The molecule has 1 rings (SSSR count). The van der Waals surface area contributed by atoms with Crippen molar-refractivity contribution in [1.82, 2.24) is 0 Å². The Bertz CT molecular complexity index is 499. The average molecular weight is 286 g/mol. The van der Waals surface area contributed by atoms with Crippen LogP contribution in [0, 0.1) is 18.2 Å². The summed E-state index contributed by atoms with van der Waals surface area (Å²) in [5, 5.41) is 2.35. The fraction of sp³-hybridized carbons (Fsp3) is 0.308. The van der Waals surface area contributed by atoms with Crippen molar-refractivity contribution < 1.29 is 18.7 Å². The van der Waals surface area contributed by atoms with Gasteiger partial charge in [-0.25, -0.2) is 9.18 Å². The number of amides is 1. The summed E-state index contributed by atoms with van der Waals surface area (Å²) in [5.74, 6) is 1.96. The molecule has 0 saturated carbocycles. The Balaban J connectivity index is 2.84. The Kier molecular flexibility index (Phi) is 5.97. The van der Waals surface area contributed by atoms with Gasteiger partial charge in [0, 0.05) is 12.5 Å². The van der Waals surface area contributed by atoms with E-state index in [1.54, 1.807) is 6.92 Å². The van der Waals surface area contributed by atoms with Crippen LogP contribution in [-0.4, -0.2) is 19.3 Å². The Hall–Kier alpha value is -1.93. The lowest BCUT2D eigenvalue weighted by atomic mass is 10.3. The van der Waals surface area contributed by atoms with Gasteiger partial charge in [0.1, 0.15) is 11.6 Å². The molecule has 0 unspecified atom stereocenters. The molecule has 1 aromatic rings. The van der Waals surface area contributed by atoms with Gasteiger partial charge in [-0.2, -0.15) is 0 Å². The van der Waals surface area contributed by atoms with Gasteiger partial charge < -0.3 is 9.47 Å². The van der Waals surface area contributed by atoms with Crippen LogP contribution in [0.1, 0.15) is 13.3 Å².